The Bertz CT molecular complexity index is 1030. The Balaban J connectivity index is 1.38. The Morgan fingerprint density at radius 1 is 1.06 bits per heavy atom. The maximum absolute atomic E-state index is 12.7. The molecular weight excluding hydrogens is 434 g/mol. The summed E-state index contributed by atoms with van der Waals surface area (Å²) < 4.78 is 5.49. The third kappa shape index (κ3) is 4.77. The van der Waals surface area contributed by atoms with Crippen molar-refractivity contribution in [2.75, 3.05) is 27.2 Å². The average molecular weight is 466 g/mol. The minimum atomic E-state index is -1.22. The van der Waals surface area contributed by atoms with Crippen LogP contribution in [0.5, 0.6) is 0 Å². The van der Waals surface area contributed by atoms with Crippen LogP contribution >= 0.6 is 0 Å². The van der Waals surface area contributed by atoms with E-state index >= 15 is 0 Å². The van der Waals surface area contributed by atoms with E-state index < -0.39 is 30.4 Å². The molecule has 0 spiro atoms. The van der Waals surface area contributed by atoms with Gasteiger partial charge in [-0.15, -0.1) is 0 Å². The van der Waals surface area contributed by atoms with Crippen molar-refractivity contribution in [3.63, 3.8) is 0 Å². The highest BCUT2D eigenvalue weighted by Gasteiger charge is 2.40. The number of hydrogen-bond acceptors (Lipinski definition) is 5. The van der Waals surface area contributed by atoms with E-state index in [-0.39, 0.29) is 18.1 Å². The number of hydrogen-bond donors (Lipinski definition) is 3. The number of benzene rings is 2. The maximum atomic E-state index is 12.7. The van der Waals surface area contributed by atoms with E-state index in [0.717, 1.165) is 41.5 Å². The zero-order valence-electron chi connectivity index (χ0n) is 19.5. The van der Waals surface area contributed by atoms with E-state index in [1.54, 1.807) is 0 Å². The Morgan fingerprint density at radius 3 is 2.15 bits per heavy atom. The fourth-order valence-electron chi connectivity index (χ4n) is 4.91. The number of rotatable bonds is 9. The Labute approximate surface area is 199 Å². The molecule has 1 saturated carbocycles. The summed E-state index contributed by atoms with van der Waals surface area (Å²) in [6, 6.07) is 14.8. The van der Waals surface area contributed by atoms with Crippen molar-refractivity contribution >= 4 is 18.0 Å². The molecule has 2 aliphatic carbocycles. The van der Waals surface area contributed by atoms with E-state index in [4.69, 9.17) is 4.74 Å². The van der Waals surface area contributed by atoms with Gasteiger partial charge in [-0.3, -0.25) is 9.59 Å². The number of carboxylic acid groups (broad SMARTS) is 1. The number of fused-ring (bicyclic) bond motifs is 3. The van der Waals surface area contributed by atoms with E-state index in [1.807, 2.05) is 62.6 Å². The van der Waals surface area contributed by atoms with E-state index in [9.17, 15) is 19.5 Å². The first-order valence-corrected chi connectivity index (χ1v) is 11.6. The Kier molecular flexibility index (Phi) is 6.88. The standard InChI is InChI=1S/C26H31N3O5/c1-29(2)26(12-7-13-26)16-27-24(32)22(14-23(30)31)28-25(33)34-15-21-19-10-5-3-8-17(19)18-9-4-6-11-20(18)21/h3-6,8-11,21-22H,7,12-16H2,1-2H3,(H,27,32)(H,28,33)(H,30,31). The van der Waals surface area contributed by atoms with Crippen molar-refractivity contribution in [1.82, 2.24) is 15.5 Å². The van der Waals surface area contributed by atoms with E-state index in [1.165, 1.54) is 0 Å². The SMILES string of the molecule is CN(C)C1(CNC(=O)C(CC(=O)O)NC(=O)OCC2c3ccccc3-c3ccccc32)CCC1. The molecule has 1 fully saturated rings. The second-order valence-corrected chi connectivity index (χ2v) is 9.31. The molecule has 2 aromatic carbocycles. The summed E-state index contributed by atoms with van der Waals surface area (Å²) in [5, 5.41) is 14.5. The van der Waals surface area contributed by atoms with Gasteiger partial charge in [-0.25, -0.2) is 4.79 Å². The van der Waals surface area contributed by atoms with Crippen molar-refractivity contribution in [2.24, 2.45) is 0 Å². The van der Waals surface area contributed by atoms with Crippen LogP contribution in [0.4, 0.5) is 4.79 Å². The number of carboxylic acids is 1. The van der Waals surface area contributed by atoms with Gasteiger partial charge in [0.25, 0.3) is 0 Å². The van der Waals surface area contributed by atoms with Crippen LogP contribution < -0.4 is 10.6 Å². The van der Waals surface area contributed by atoms with Gasteiger partial charge in [0, 0.05) is 18.0 Å². The average Bonchev–Trinajstić information content (AvgIpc) is 3.09. The van der Waals surface area contributed by atoms with Crippen LogP contribution in [0.3, 0.4) is 0 Å². The molecule has 2 aromatic rings. The van der Waals surface area contributed by atoms with Crippen molar-refractivity contribution < 1.29 is 24.2 Å². The van der Waals surface area contributed by atoms with Crippen LogP contribution in [0, 0.1) is 0 Å². The highest BCUT2D eigenvalue weighted by molar-refractivity contribution is 5.89. The molecule has 0 aliphatic heterocycles. The monoisotopic (exact) mass is 465 g/mol. The van der Waals surface area contributed by atoms with Gasteiger partial charge in [-0.2, -0.15) is 0 Å². The fraction of sp³-hybridized carbons (Fsp3) is 0.423. The predicted octanol–water partition coefficient (Wildman–Crippen LogP) is 2.97. The maximum Gasteiger partial charge on any atom is 0.407 e. The van der Waals surface area contributed by atoms with Crippen molar-refractivity contribution in [2.45, 2.75) is 43.2 Å². The molecule has 4 rings (SSSR count). The molecule has 0 heterocycles. The summed E-state index contributed by atoms with van der Waals surface area (Å²) in [5.41, 5.74) is 4.26. The van der Waals surface area contributed by atoms with E-state index in [0.29, 0.717) is 6.54 Å². The first kappa shape index (κ1) is 23.8. The minimum Gasteiger partial charge on any atom is -0.481 e. The van der Waals surface area contributed by atoms with Crippen molar-refractivity contribution in [3.8, 4) is 11.1 Å². The summed E-state index contributed by atoms with van der Waals surface area (Å²) in [4.78, 5) is 38.7. The molecule has 1 unspecified atom stereocenters. The quantitative estimate of drug-likeness (QED) is 0.526. The summed E-state index contributed by atoms with van der Waals surface area (Å²) in [6.45, 7) is 0.492. The molecule has 34 heavy (non-hydrogen) atoms. The fourth-order valence-corrected chi connectivity index (χ4v) is 4.91. The van der Waals surface area contributed by atoms with Gasteiger partial charge in [0.15, 0.2) is 0 Å². The number of nitrogens with zero attached hydrogens (tertiary/aromatic N) is 1. The largest absolute Gasteiger partial charge is 0.481 e. The van der Waals surface area contributed by atoms with E-state index in [2.05, 4.69) is 15.5 Å². The highest BCUT2D eigenvalue weighted by atomic mass is 16.5. The number of alkyl carbamates (subject to hydrolysis) is 1. The molecule has 3 N–H and O–H groups in total. The first-order chi connectivity index (χ1) is 16.3. The van der Waals surface area contributed by atoms with Crippen molar-refractivity contribution in [3.05, 3.63) is 59.7 Å². The lowest BCUT2D eigenvalue weighted by molar-refractivity contribution is -0.140. The van der Waals surface area contributed by atoms with Gasteiger partial charge in [0.1, 0.15) is 12.6 Å². The zero-order valence-corrected chi connectivity index (χ0v) is 19.5. The predicted molar refractivity (Wildman–Crippen MR) is 128 cm³/mol. The van der Waals surface area contributed by atoms with Crippen molar-refractivity contribution in [1.29, 1.82) is 0 Å². The van der Waals surface area contributed by atoms with Crippen LogP contribution in [-0.2, 0) is 14.3 Å². The highest BCUT2D eigenvalue weighted by Crippen LogP contribution is 2.44. The van der Waals surface area contributed by atoms with Crippen LogP contribution in [0.1, 0.15) is 42.7 Å². The van der Waals surface area contributed by atoms with Crippen LogP contribution in [0.2, 0.25) is 0 Å². The number of carbonyl (C=O) groups excluding carboxylic acids is 2. The second-order valence-electron chi connectivity index (χ2n) is 9.31. The normalized spacial score (nSPS) is 16.7. The Morgan fingerprint density at radius 2 is 1.65 bits per heavy atom. The molecule has 2 amide bonds. The summed E-state index contributed by atoms with van der Waals surface area (Å²) in [6.07, 6.45) is 1.68. The molecule has 1 atom stereocenters. The number of nitrogens with one attached hydrogen (secondary N) is 2. The number of carbonyl (C=O) groups is 3. The first-order valence-electron chi connectivity index (χ1n) is 11.6. The van der Waals surface area contributed by atoms with Gasteiger partial charge in [0.05, 0.1) is 6.42 Å². The van der Waals surface area contributed by atoms with Crippen LogP contribution in [0.15, 0.2) is 48.5 Å². The topological polar surface area (TPSA) is 108 Å². The summed E-state index contributed by atoms with van der Waals surface area (Å²) in [7, 11) is 3.93. The van der Waals surface area contributed by atoms with Crippen LogP contribution in [0.25, 0.3) is 11.1 Å². The molecule has 0 radical (unpaired) electrons. The van der Waals surface area contributed by atoms with Crippen LogP contribution in [-0.4, -0.2) is 66.8 Å². The zero-order chi connectivity index (χ0) is 24.3. The molecular formula is C26H31N3O5. The summed E-state index contributed by atoms with van der Waals surface area (Å²) in [5.74, 6) is -1.82. The smallest absolute Gasteiger partial charge is 0.407 e. The molecule has 0 bridgehead atoms. The lowest BCUT2D eigenvalue weighted by Gasteiger charge is -2.47. The third-order valence-corrected chi connectivity index (χ3v) is 7.16. The lowest BCUT2D eigenvalue weighted by atomic mass is 9.75. The number of ether oxygens (including phenoxy) is 1. The molecule has 2 aliphatic rings. The second kappa shape index (κ2) is 9.85. The minimum absolute atomic E-state index is 0.0883. The molecule has 180 valence electrons. The third-order valence-electron chi connectivity index (χ3n) is 7.16. The lowest BCUT2D eigenvalue weighted by Crippen LogP contribution is -2.59. The van der Waals surface area contributed by atoms with Gasteiger partial charge in [0.2, 0.25) is 5.91 Å². The molecule has 8 nitrogen and oxygen atoms in total. The van der Waals surface area contributed by atoms with Gasteiger partial charge in [-0.05, 0) is 55.6 Å². The van der Waals surface area contributed by atoms with Gasteiger partial charge in [-0.1, -0.05) is 48.5 Å². The number of amides is 2. The molecule has 0 saturated heterocycles. The van der Waals surface area contributed by atoms with Gasteiger partial charge >= 0.3 is 12.1 Å². The van der Waals surface area contributed by atoms with Gasteiger partial charge < -0.3 is 25.4 Å². The molecule has 8 heteroatoms. The Hall–Kier alpha value is -3.39. The molecule has 0 aromatic heterocycles. The number of likely N-dealkylation sites (N-methyl/N-ethyl adjacent to an activating group) is 1. The summed E-state index contributed by atoms with van der Waals surface area (Å²) >= 11 is 0. The number of aliphatic carboxylic acids is 1.